The van der Waals surface area contributed by atoms with Crippen LogP contribution in [0.25, 0.3) is 0 Å². The van der Waals surface area contributed by atoms with Gasteiger partial charge in [0.15, 0.2) is 0 Å². The van der Waals surface area contributed by atoms with Crippen LogP contribution < -0.4 is 5.32 Å². The minimum atomic E-state index is -1.19. The quantitative estimate of drug-likeness (QED) is 0.909. The van der Waals surface area contributed by atoms with Crippen LogP contribution in [0.1, 0.15) is 26.7 Å². The summed E-state index contributed by atoms with van der Waals surface area (Å²) in [5, 5.41) is 11.2. The molecule has 5 nitrogen and oxygen atoms in total. The van der Waals surface area contributed by atoms with Gasteiger partial charge in [-0.05, 0) is 30.3 Å². The normalized spacial score (nSPS) is 10.3. The Morgan fingerprint density at radius 2 is 2.05 bits per heavy atom. The molecule has 104 valence electrons. The van der Waals surface area contributed by atoms with E-state index in [9.17, 15) is 14.0 Å². The van der Waals surface area contributed by atoms with Gasteiger partial charge in [0.05, 0.1) is 17.1 Å². The van der Waals surface area contributed by atoms with Crippen LogP contribution in [0, 0.1) is 5.82 Å². The highest BCUT2D eigenvalue weighted by Crippen LogP contribution is 2.17. The molecule has 0 saturated carbocycles. The van der Waals surface area contributed by atoms with Gasteiger partial charge in [0.1, 0.15) is 11.6 Å². The lowest BCUT2D eigenvalue weighted by atomic mass is 10.2. The molecular formula is C13H9ClFNO4. The minimum Gasteiger partial charge on any atom is -0.475 e. The van der Waals surface area contributed by atoms with Gasteiger partial charge < -0.3 is 14.8 Å². The summed E-state index contributed by atoms with van der Waals surface area (Å²) in [6, 6.07) is 6.14. The van der Waals surface area contributed by atoms with Gasteiger partial charge in [0.2, 0.25) is 5.76 Å². The summed E-state index contributed by atoms with van der Waals surface area (Å²) in [7, 11) is 0. The number of halogens is 2. The maximum Gasteiger partial charge on any atom is 0.371 e. The second kappa shape index (κ2) is 5.75. The van der Waals surface area contributed by atoms with Crippen molar-refractivity contribution in [3.05, 3.63) is 58.3 Å². The van der Waals surface area contributed by atoms with Crippen molar-refractivity contribution in [1.29, 1.82) is 0 Å². The predicted molar refractivity (Wildman–Crippen MR) is 68.2 cm³/mol. The average molecular weight is 298 g/mol. The number of amides is 1. The van der Waals surface area contributed by atoms with Crippen LogP contribution in [0.4, 0.5) is 4.39 Å². The van der Waals surface area contributed by atoms with E-state index in [0.29, 0.717) is 0 Å². The van der Waals surface area contributed by atoms with Crippen LogP contribution in [-0.4, -0.2) is 17.0 Å². The number of carbonyl (C=O) groups is 2. The smallest absolute Gasteiger partial charge is 0.371 e. The molecule has 0 fully saturated rings. The van der Waals surface area contributed by atoms with Crippen molar-refractivity contribution in [2.45, 2.75) is 6.54 Å². The molecule has 0 aliphatic carbocycles. The maximum absolute atomic E-state index is 12.9. The van der Waals surface area contributed by atoms with Crippen molar-refractivity contribution in [2.24, 2.45) is 0 Å². The molecule has 0 bridgehead atoms. The van der Waals surface area contributed by atoms with E-state index in [1.165, 1.54) is 18.2 Å². The largest absolute Gasteiger partial charge is 0.475 e. The van der Waals surface area contributed by atoms with E-state index in [-0.39, 0.29) is 28.7 Å². The van der Waals surface area contributed by atoms with E-state index >= 15 is 0 Å². The van der Waals surface area contributed by atoms with Gasteiger partial charge in [-0.1, -0.05) is 11.6 Å². The third kappa shape index (κ3) is 3.16. The molecule has 0 aliphatic heterocycles. The molecule has 0 radical (unpaired) electrons. The zero-order chi connectivity index (χ0) is 14.7. The van der Waals surface area contributed by atoms with Gasteiger partial charge in [0, 0.05) is 0 Å². The standard InChI is InChI=1S/C13H9ClFNO4/c14-10-5-7(15)1-3-9(10)12(17)16-6-8-2-4-11(20-8)13(18)19/h1-5H,6H2,(H,16,17)(H,18,19). The Morgan fingerprint density at radius 1 is 1.30 bits per heavy atom. The predicted octanol–water partition coefficient (Wildman–Crippen LogP) is 2.70. The van der Waals surface area contributed by atoms with E-state index in [1.807, 2.05) is 0 Å². The Labute approximate surface area is 118 Å². The molecule has 1 aromatic carbocycles. The Bertz CT molecular complexity index is 668. The highest BCUT2D eigenvalue weighted by Gasteiger charge is 2.13. The molecule has 1 heterocycles. The summed E-state index contributed by atoms with van der Waals surface area (Å²) >= 11 is 5.75. The first kappa shape index (κ1) is 14.1. The van der Waals surface area contributed by atoms with Crippen molar-refractivity contribution in [3.63, 3.8) is 0 Å². The number of furan rings is 1. The molecule has 20 heavy (non-hydrogen) atoms. The fraction of sp³-hybridized carbons (Fsp3) is 0.0769. The van der Waals surface area contributed by atoms with Gasteiger partial charge in [-0.3, -0.25) is 4.79 Å². The molecule has 7 heteroatoms. The molecule has 1 aromatic heterocycles. The monoisotopic (exact) mass is 297 g/mol. The van der Waals surface area contributed by atoms with Crippen molar-refractivity contribution >= 4 is 23.5 Å². The first-order valence-corrected chi connectivity index (χ1v) is 5.90. The highest BCUT2D eigenvalue weighted by molar-refractivity contribution is 6.33. The number of rotatable bonds is 4. The topological polar surface area (TPSA) is 79.5 Å². The van der Waals surface area contributed by atoms with Crippen LogP contribution in [-0.2, 0) is 6.54 Å². The molecule has 2 aromatic rings. The molecule has 0 atom stereocenters. The number of hydrogen-bond acceptors (Lipinski definition) is 3. The van der Waals surface area contributed by atoms with Crippen molar-refractivity contribution in [3.8, 4) is 0 Å². The number of carboxylic acids is 1. The Kier molecular flexibility index (Phi) is 4.05. The lowest BCUT2D eigenvalue weighted by Gasteiger charge is -2.05. The number of aromatic carboxylic acids is 1. The zero-order valence-corrected chi connectivity index (χ0v) is 10.8. The Morgan fingerprint density at radius 3 is 2.65 bits per heavy atom. The van der Waals surface area contributed by atoms with E-state index in [2.05, 4.69) is 5.32 Å². The summed E-state index contributed by atoms with van der Waals surface area (Å²) in [5.74, 6) is -2.17. The summed E-state index contributed by atoms with van der Waals surface area (Å²) < 4.78 is 17.8. The third-order valence-electron chi connectivity index (χ3n) is 2.47. The fourth-order valence-corrected chi connectivity index (χ4v) is 1.78. The molecule has 0 aliphatic rings. The van der Waals surface area contributed by atoms with Gasteiger partial charge in [-0.25, -0.2) is 9.18 Å². The number of hydrogen-bond donors (Lipinski definition) is 2. The molecule has 0 saturated heterocycles. The van der Waals surface area contributed by atoms with Crippen LogP contribution in [0.2, 0.25) is 5.02 Å². The van der Waals surface area contributed by atoms with Crippen LogP contribution >= 0.6 is 11.6 Å². The van der Waals surface area contributed by atoms with Crippen LogP contribution in [0.5, 0.6) is 0 Å². The Balaban J connectivity index is 2.02. The first-order valence-electron chi connectivity index (χ1n) is 5.52. The molecule has 0 unspecified atom stereocenters. The van der Waals surface area contributed by atoms with E-state index in [0.717, 1.165) is 12.1 Å². The van der Waals surface area contributed by atoms with Gasteiger partial charge in [-0.15, -0.1) is 0 Å². The number of nitrogens with one attached hydrogen (secondary N) is 1. The van der Waals surface area contributed by atoms with Crippen molar-refractivity contribution < 1.29 is 23.5 Å². The molecule has 0 spiro atoms. The lowest BCUT2D eigenvalue weighted by Crippen LogP contribution is -2.22. The average Bonchev–Trinajstić information content (AvgIpc) is 2.85. The molecular weight excluding hydrogens is 289 g/mol. The summed E-state index contributed by atoms with van der Waals surface area (Å²) in [4.78, 5) is 22.4. The van der Waals surface area contributed by atoms with E-state index in [4.69, 9.17) is 21.1 Å². The Hall–Kier alpha value is -2.34. The number of benzene rings is 1. The second-order valence-electron chi connectivity index (χ2n) is 3.88. The fourth-order valence-electron chi connectivity index (χ4n) is 1.52. The summed E-state index contributed by atoms with van der Waals surface area (Å²) in [6.07, 6.45) is 0. The van der Waals surface area contributed by atoms with Gasteiger partial charge in [0.25, 0.3) is 5.91 Å². The third-order valence-corrected chi connectivity index (χ3v) is 2.78. The lowest BCUT2D eigenvalue weighted by molar-refractivity contribution is 0.0660. The summed E-state index contributed by atoms with van der Waals surface area (Å²) in [6.45, 7) is -0.000180. The van der Waals surface area contributed by atoms with Gasteiger partial charge in [-0.2, -0.15) is 0 Å². The highest BCUT2D eigenvalue weighted by atomic mass is 35.5. The van der Waals surface area contributed by atoms with Crippen molar-refractivity contribution in [2.75, 3.05) is 0 Å². The van der Waals surface area contributed by atoms with E-state index < -0.39 is 17.7 Å². The molecule has 2 N–H and O–H groups in total. The second-order valence-corrected chi connectivity index (χ2v) is 4.29. The minimum absolute atomic E-state index is 0.000180. The number of carboxylic acid groups (broad SMARTS) is 1. The SMILES string of the molecule is O=C(O)c1ccc(CNC(=O)c2ccc(F)cc2Cl)o1. The van der Waals surface area contributed by atoms with Crippen LogP contribution in [0.15, 0.2) is 34.7 Å². The zero-order valence-electron chi connectivity index (χ0n) is 10.0. The summed E-state index contributed by atoms with van der Waals surface area (Å²) in [5.41, 5.74) is 0.123. The van der Waals surface area contributed by atoms with E-state index in [1.54, 1.807) is 0 Å². The maximum atomic E-state index is 12.9. The van der Waals surface area contributed by atoms with Crippen molar-refractivity contribution in [1.82, 2.24) is 5.32 Å². The first-order chi connectivity index (χ1) is 9.47. The molecule has 2 rings (SSSR count). The van der Waals surface area contributed by atoms with Gasteiger partial charge >= 0.3 is 5.97 Å². The molecule has 1 amide bonds. The van der Waals surface area contributed by atoms with Crippen LogP contribution in [0.3, 0.4) is 0 Å². The number of carbonyl (C=O) groups excluding carboxylic acids is 1.